The lowest BCUT2D eigenvalue weighted by Gasteiger charge is -1.97. The highest BCUT2D eigenvalue weighted by Crippen LogP contribution is 2.11. The van der Waals surface area contributed by atoms with Gasteiger partial charge in [0.05, 0.1) is 0 Å². The fraction of sp³-hybridized carbons (Fsp3) is 0.667. The molecular weight excluding hydrogens is 166 g/mol. The highest BCUT2D eigenvalue weighted by atomic mass is 32.2. The summed E-state index contributed by atoms with van der Waals surface area (Å²) in [5.74, 6) is -0.902. The van der Waals surface area contributed by atoms with Gasteiger partial charge in [-0.25, -0.2) is 8.42 Å². The van der Waals surface area contributed by atoms with Crippen LogP contribution in [0.15, 0.2) is 4.40 Å². The molecule has 62 valence electrons. The largest absolute Gasteiger partial charge is 0.292 e. The Balaban J connectivity index is 3.08. The third-order valence-corrected chi connectivity index (χ3v) is 2.49. The van der Waals surface area contributed by atoms with E-state index in [0.29, 0.717) is 0 Å². The van der Waals surface area contributed by atoms with Crippen molar-refractivity contribution >= 4 is 21.5 Å². The van der Waals surface area contributed by atoms with Gasteiger partial charge in [-0.2, -0.15) is 4.40 Å². The zero-order chi connectivity index (χ0) is 8.65. The standard InChI is InChI=1S/C6H9NO3S/c1-4(2)6-5(8)3-11(9,10)7-6/h4H,3H2,1-2H3. The third-order valence-electron chi connectivity index (χ3n) is 1.38. The number of hydrogen-bond donors (Lipinski definition) is 0. The van der Waals surface area contributed by atoms with Gasteiger partial charge in [-0.05, 0) is 0 Å². The molecular formula is C6H9NO3S. The van der Waals surface area contributed by atoms with Crippen LogP contribution in [-0.2, 0) is 14.8 Å². The van der Waals surface area contributed by atoms with Gasteiger partial charge in [0.15, 0.2) is 5.78 Å². The first-order valence-electron chi connectivity index (χ1n) is 3.28. The van der Waals surface area contributed by atoms with Crippen LogP contribution in [0.1, 0.15) is 13.8 Å². The minimum absolute atomic E-state index is 0.0974. The van der Waals surface area contributed by atoms with Crippen molar-refractivity contribution in [1.29, 1.82) is 0 Å². The molecule has 0 aromatic heterocycles. The lowest BCUT2D eigenvalue weighted by molar-refractivity contribution is -0.110. The molecule has 0 saturated heterocycles. The molecule has 0 aromatic rings. The van der Waals surface area contributed by atoms with Gasteiger partial charge in [-0.1, -0.05) is 13.8 Å². The van der Waals surface area contributed by atoms with Crippen LogP contribution in [0, 0.1) is 5.92 Å². The number of nitrogens with zero attached hydrogens (tertiary/aromatic N) is 1. The number of hydrogen-bond acceptors (Lipinski definition) is 3. The van der Waals surface area contributed by atoms with E-state index < -0.39 is 15.8 Å². The first-order chi connectivity index (χ1) is 4.92. The fourth-order valence-electron chi connectivity index (χ4n) is 0.900. The molecule has 0 aliphatic carbocycles. The summed E-state index contributed by atoms with van der Waals surface area (Å²) in [7, 11) is -3.45. The molecule has 0 unspecified atom stereocenters. The summed E-state index contributed by atoms with van der Waals surface area (Å²) in [6.45, 7) is 3.50. The minimum atomic E-state index is -3.45. The second kappa shape index (κ2) is 2.41. The van der Waals surface area contributed by atoms with Crippen molar-refractivity contribution in [3.63, 3.8) is 0 Å². The van der Waals surface area contributed by atoms with Crippen LogP contribution in [-0.4, -0.2) is 25.7 Å². The zero-order valence-corrected chi connectivity index (χ0v) is 7.18. The van der Waals surface area contributed by atoms with Crippen molar-refractivity contribution in [2.75, 3.05) is 5.75 Å². The predicted molar refractivity (Wildman–Crippen MR) is 41.1 cm³/mol. The Morgan fingerprint density at radius 1 is 1.45 bits per heavy atom. The monoisotopic (exact) mass is 175 g/mol. The van der Waals surface area contributed by atoms with E-state index in [2.05, 4.69) is 4.40 Å². The summed E-state index contributed by atoms with van der Waals surface area (Å²) >= 11 is 0. The summed E-state index contributed by atoms with van der Waals surface area (Å²) < 4.78 is 24.8. The SMILES string of the molecule is CC(C)C1=NS(=O)(=O)CC1=O. The Labute approximate surface area is 65.4 Å². The summed E-state index contributed by atoms with van der Waals surface area (Å²) in [4.78, 5) is 10.9. The van der Waals surface area contributed by atoms with Crippen LogP contribution >= 0.6 is 0 Å². The van der Waals surface area contributed by atoms with Crippen molar-refractivity contribution < 1.29 is 13.2 Å². The molecule has 1 rings (SSSR count). The van der Waals surface area contributed by atoms with Crippen LogP contribution in [0.5, 0.6) is 0 Å². The number of sulfonamides is 1. The molecule has 0 spiro atoms. The van der Waals surface area contributed by atoms with E-state index >= 15 is 0 Å². The van der Waals surface area contributed by atoms with Crippen molar-refractivity contribution in [3.8, 4) is 0 Å². The highest BCUT2D eigenvalue weighted by molar-refractivity contribution is 7.91. The van der Waals surface area contributed by atoms with Crippen molar-refractivity contribution in [3.05, 3.63) is 0 Å². The Morgan fingerprint density at radius 2 is 2.00 bits per heavy atom. The van der Waals surface area contributed by atoms with Gasteiger partial charge in [0.2, 0.25) is 0 Å². The smallest absolute Gasteiger partial charge is 0.261 e. The predicted octanol–water partition coefficient (Wildman–Crippen LogP) is -0.00410. The van der Waals surface area contributed by atoms with Crippen molar-refractivity contribution in [2.45, 2.75) is 13.8 Å². The normalized spacial score (nSPS) is 22.5. The average molecular weight is 175 g/mol. The molecule has 0 atom stereocenters. The van der Waals surface area contributed by atoms with E-state index in [1.54, 1.807) is 13.8 Å². The van der Waals surface area contributed by atoms with E-state index in [9.17, 15) is 13.2 Å². The number of ketones is 1. The number of carbonyl (C=O) groups excluding carboxylic acids is 1. The molecule has 1 aliphatic rings. The summed E-state index contributed by atoms with van der Waals surface area (Å²) in [6, 6.07) is 0. The lowest BCUT2D eigenvalue weighted by atomic mass is 10.1. The van der Waals surface area contributed by atoms with Crippen molar-refractivity contribution in [1.82, 2.24) is 0 Å². The van der Waals surface area contributed by atoms with E-state index in [1.807, 2.05) is 0 Å². The molecule has 5 heteroatoms. The maximum absolute atomic E-state index is 10.9. The zero-order valence-electron chi connectivity index (χ0n) is 6.36. The Morgan fingerprint density at radius 3 is 2.18 bits per heavy atom. The quantitative estimate of drug-likeness (QED) is 0.563. The number of carbonyl (C=O) groups is 1. The lowest BCUT2D eigenvalue weighted by Crippen LogP contribution is -2.17. The molecule has 11 heavy (non-hydrogen) atoms. The molecule has 1 aliphatic heterocycles. The minimum Gasteiger partial charge on any atom is -0.292 e. The summed E-state index contributed by atoms with van der Waals surface area (Å²) in [5, 5.41) is 0. The highest BCUT2D eigenvalue weighted by Gasteiger charge is 2.30. The van der Waals surface area contributed by atoms with E-state index in [0.717, 1.165) is 0 Å². The van der Waals surface area contributed by atoms with E-state index in [-0.39, 0.29) is 17.4 Å². The van der Waals surface area contributed by atoms with Crippen LogP contribution in [0.3, 0.4) is 0 Å². The molecule has 4 nitrogen and oxygen atoms in total. The molecule has 0 amide bonds. The number of Topliss-reactive ketones (excluding diaryl/α,β-unsaturated/α-hetero) is 1. The maximum atomic E-state index is 10.9. The second-order valence-electron chi connectivity index (χ2n) is 2.78. The fourth-order valence-corrected chi connectivity index (χ4v) is 2.06. The van der Waals surface area contributed by atoms with Gasteiger partial charge in [-0.15, -0.1) is 0 Å². The average Bonchev–Trinajstić information content (AvgIpc) is 2.05. The summed E-state index contributed by atoms with van der Waals surface area (Å²) in [6.07, 6.45) is 0. The van der Waals surface area contributed by atoms with Gasteiger partial charge in [-0.3, -0.25) is 4.79 Å². The van der Waals surface area contributed by atoms with E-state index in [4.69, 9.17) is 0 Å². The topological polar surface area (TPSA) is 63.6 Å². The first-order valence-corrected chi connectivity index (χ1v) is 4.89. The number of rotatable bonds is 1. The summed E-state index contributed by atoms with van der Waals surface area (Å²) in [5.41, 5.74) is 0.185. The molecule has 0 bridgehead atoms. The van der Waals surface area contributed by atoms with Gasteiger partial charge >= 0.3 is 0 Å². The Bertz CT molecular complexity index is 313. The van der Waals surface area contributed by atoms with Crippen molar-refractivity contribution in [2.24, 2.45) is 10.3 Å². The van der Waals surface area contributed by atoms with Gasteiger partial charge in [0.25, 0.3) is 10.0 Å². The third kappa shape index (κ3) is 1.65. The maximum Gasteiger partial charge on any atom is 0.261 e. The molecule has 0 radical (unpaired) electrons. The van der Waals surface area contributed by atoms with Gasteiger partial charge in [0, 0.05) is 5.92 Å². The molecule has 0 N–H and O–H groups in total. The van der Waals surface area contributed by atoms with Crippen LogP contribution < -0.4 is 0 Å². The molecule has 0 fully saturated rings. The Hall–Kier alpha value is -0.710. The van der Waals surface area contributed by atoms with Crippen LogP contribution in [0.25, 0.3) is 0 Å². The molecule has 0 saturated carbocycles. The first kappa shape index (κ1) is 8.39. The Kier molecular flexibility index (Phi) is 1.83. The van der Waals surface area contributed by atoms with Crippen LogP contribution in [0.4, 0.5) is 0 Å². The van der Waals surface area contributed by atoms with Gasteiger partial charge in [0.1, 0.15) is 11.5 Å². The molecule has 1 heterocycles. The molecule has 0 aromatic carbocycles. The van der Waals surface area contributed by atoms with E-state index in [1.165, 1.54) is 0 Å². The van der Waals surface area contributed by atoms with Gasteiger partial charge < -0.3 is 0 Å². The second-order valence-corrected chi connectivity index (χ2v) is 4.42. The van der Waals surface area contributed by atoms with Crippen LogP contribution in [0.2, 0.25) is 0 Å².